The molecule has 0 aromatic rings. The fourth-order valence-electron chi connectivity index (χ4n) is 2.07. The van der Waals surface area contributed by atoms with E-state index in [0.29, 0.717) is 12.3 Å². The highest BCUT2D eigenvalue weighted by molar-refractivity contribution is 8.22. The van der Waals surface area contributed by atoms with Crippen LogP contribution in [-0.4, -0.2) is 22.2 Å². The van der Waals surface area contributed by atoms with Crippen LogP contribution in [0.15, 0.2) is 22.5 Å². The third-order valence-electron chi connectivity index (χ3n) is 3.15. The van der Waals surface area contributed by atoms with Crippen LogP contribution >= 0.6 is 23.5 Å². The van der Waals surface area contributed by atoms with Crippen LogP contribution in [0, 0.1) is 5.92 Å². The van der Waals surface area contributed by atoms with E-state index in [4.69, 9.17) is 0 Å². The molecule has 1 nitrogen and oxygen atoms in total. The molecule has 0 radical (unpaired) electrons. The maximum absolute atomic E-state index is 10.2. The van der Waals surface area contributed by atoms with Gasteiger partial charge in [-0.15, -0.1) is 30.1 Å². The second-order valence-corrected chi connectivity index (χ2v) is 7.58. The molecule has 0 spiro atoms. The number of allylic oxidation sites excluding steroid dienone is 1. The van der Waals surface area contributed by atoms with Gasteiger partial charge >= 0.3 is 0 Å². The zero-order valence-corrected chi connectivity index (χ0v) is 12.8. The highest BCUT2D eigenvalue weighted by atomic mass is 32.2. The smallest absolute Gasteiger partial charge is 0.0659 e. The van der Waals surface area contributed by atoms with Crippen molar-refractivity contribution in [2.75, 3.05) is 11.5 Å². The zero-order valence-electron chi connectivity index (χ0n) is 11.2. The first-order chi connectivity index (χ1) is 7.96. The summed E-state index contributed by atoms with van der Waals surface area (Å²) in [7, 11) is 0. The number of hydrogen-bond acceptors (Lipinski definition) is 3. The second-order valence-electron chi connectivity index (χ2n) is 5.12. The summed E-state index contributed by atoms with van der Waals surface area (Å²) in [6.45, 7) is 10.1. The Morgan fingerprint density at radius 1 is 1.53 bits per heavy atom. The Morgan fingerprint density at radius 2 is 2.12 bits per heavy atom. The molecule has 1 aliphatic heterocycles. The highest BCUT2D eigenvalue weighted by Crippen LogP contribution is 2.40. The van der Waals surface area contributed by atoms with E-state index in [1.54, 1.807) is 6.08 Å². The summed E-state index contributed by atoms with van der Waals surface area (Å²) in [5.41, 5.74) is 0.830. The molecule has 0 aromatic carbocycles. The summed E-state index contributed by atoms with van der Waals surface area (Å²) < 4.78 is 1.48. The van der Waals surface area contributed by atoms with Gasteiger partial charge < -0.3 is 5.11 Å². The van der Waals surface area contributed by atoms with Gasteiger partial charge in [0.25, 0.3) is 0 Å². The second kappa shape index (κ2) is 6.91. The van der Waals surface area contributed by atoms with Crippen LogP contribution in [0.2, 0.25) is 0 Å². The minimum Gasteiger partial charge on any atom is -0.390 e. The van der Waals surface area contributed by atoms with E-state index in [9.17, 15) is 5.11 Å². The summed E-state index contributed by atoms with van der Waals surface area (Å²) in [6.07, 6.45) is 4.60. The Balaban J connectivity index is 2.62. The van der Waals surface area contributed by atoms with Gasteiger partial charge in [0.1, 0.15) is 0 Å². The molecule has 0 aromatic heterocycles. The van der Waals surface area contributed by atoms with Gasteiger partial charge in [0, 0.05) is 4.24 Å². The van der Waals surface area contributed by atoms with Gasteiger partial charge in [0.2, 0.25) is 0 Å². The first-order valence-corrected chi connectivity index (χ1v) is 8.23. The van der Waals surface area contributed by atoms with Gasteiger partial charge in [-0.2, -0.15) is 0 Å². The van der Waals surface area contributed by atoms with Crippen molar-refractivity contribution in [3.8, 4) is 0 Å². The van der Waals surface area contributed by atoms with E-state index in [1.807, 2.05) is 30.4 Å². The molecule has 1 fully saturated rings. The largest absolute Gasteiger partial charge is 0.390 e. The molecule has 0 saturated carbocycles. The van der Waals surface area contributed by atoms with E-state index in [0.717, 1.165) is 6.42 Å². The molecule has 3 heteroatoms. The standard InChI is InChI=1S/C14H24OS2/c1-5-7-14(4,15)10-11(2)12(3)13-16-8-6-9-17-13/h5,11,15H,1,6-10H2,2-4H3/t11-,14?/m1/s1. The maximum Gasteiger partial charge on any atom is 0.0659 e. The van der Waals surface area contributed by atoms with Crippen LogP contribution in [0.5, 0.6) is 0 Å². The van der Waals surface area contributed by atoms with E-state index in [1.165, 1.54) is 27.7 Å². The molecule has 1 heterocycles. The Labute approximate surface area is 114 Å². The monoisotopic (exact) mass is 272 g/mol. The number of thioether (sulfide) groups is 2. The van der Waals surface area contributed by atoms with Crippen LogP contribution in [0.3, 0.4) is 0 Å². The average Bonchev–Trinajstić information content (AvgIpc) is 2.28. The van der Waals surface area contributed by atoms with Gasteiger partial charge in [0.15, 0.2) is 0 Å². The van der Waals surface area contributed by atoms with Gasteiger partial charge in [-0.05, 0) is 50.5 Å². The molecule has 1 unspecified atom stereocenters. The predicted octanol–water partition coefficient (Wildman–Crippen LogP) is 4.44. The molecule has 0 bridgehead atoms. The first-order valence-electron chi connectivity index (χ1n) is 6.26. The van der Waals surface area contributed by atoms with E-state index >= 15 is 0 Å². The third kappa shape index (κ3) is 5.11. The molecule has 0 amide bonds. The molecular formula is C14H24OS2. The number of hydrogen-bond donors (Lipinski definition) is 1. The van der Waals surface area contributed by atoms with Crippen molar-refractivity contribution in [3.63, 3.8) is 0 Å². The first kappa shape index (κ1) is 15.2. The third-order valence-corrected chi connectivity index (χ3v) is 6.01. The lowest BCUT2D eigenvalue weighted by molar-refractivity contribution is 0.0435. The van der Waals surface area contributed by atoms with Crippen LogP contribution in [-0.2, 0) is 0 Å². The van der Waals surface area contributed by atoms with Crippen LogP contribution in [0.4, 0.5) is 0 Å². The van der Waals surface area contributed by atoms with Crippen LogP contribution in [0.1, 0.15) is 40.0 Å². The topological polar surface area (TPSA) is 20.2 Å². The molecule has 0 aliphatic carbocycles. The predicted molar refractivity (Wildman–Crippen MR) is 81.5 cm³/mol. The van der Waals surface area contributed by atoms with Crippen molar-refractivity contribution in [2.24, 2.45) is 5.92 Å². The normalized spacial score (nSPS) is 21.8. The fourth-order valence-corrected chi connectivity index (χ4v) is 4.89. The molecule has 1 N–H and O–H groups in total. The highest BCUT2D eigenvalue weighted by Gasteiger charge is 2.24. The van der Waals surface area contributed by atoms with Crippen molar-refractivity contribution in [2.45, 2.75) is 45.6 Å². The van der Waals surface area contributed by atoms with Crippen molar-refractivity contribution in [1.29, 1.82) is 0 Å². The van der Waals surface area contributed by atoms with E-state index in [-0.39, 0.29) is 0 Å². The van der Waals surface area contributed by atoms with Crippen molar-refractivity contribution in [1.82, 2.24) is 0 Å². The summed E-state index contributed by atoms with van der Waals surface area (Å²) in [4.78, 5) is 0. The Bertz CT molecular complexity index is 287. The Morgan fingerprint density at radius 3 is 2.65 bits per heavy atom. The molecule has 1 aliphatic rings. The quantitative estimate of drug-likeness (QED) is 0.747. The lowest BCUT2D eigenvalue weighted by Crippen LogP contribution is -2.26. The summed E-state index contributed by atoms with van der Waals surface area (Å²) in [6, 6.07) is 0. The van der Waals surface area contributed by atoms with Crippen LogP contribution in [0.25, 0.3) is 0 Å². The molecule has 98 valence electrons. The molecule has 1 saturated heterocycles. The molecule has 2 atom stereocenters. The Hall–Kier alpha value is 0.140. The van der Waals surface area contributed by atoms with Gasteiger partial charge in [-0.3, -0.25) is 0 Å². The molecule has 17 heavy (non-hydrogen) atoms. The van der Waals surface area contributed by atoms with Crippen molar-refractivity contribution < 1.29 is 5.11 Å². The lowest BCUT2D eigenvalue weighted by Gasteiger charge is -2.27. The lowest BCUT2D eigenvalue weighted by atomic mass is 9.87. The van der Waals surface area contributed by atoms with Gasteiger partial charge in [-0.1, -0.05) is 18.6 Å². The SMILES string of the molecule is C=CCC(C)(O)C[C@@H](C)C(C)=C1SCCCS1. The summed E-state index contributed by atoms with van der Waals surface area (Å²) in [5.74, 6) is 2.93. The van der Waals surface area contributed by atoms with Gasteiger partial charge in [-0.25, -0.2) is 0 Å². The van der Waals surface area contributed by atoms with E-state index < -0.39 is 5.60 Å². The fraction of sp³-hybridized carbons (Fsp3) is 0.714. The minimum atomic E-state index is -0.618. The average molecular weight is 272 g/mol. The van der Waals surface area contributed by atoms with Crippen molar-refractivity contribution >= 4 is 23.5 Å². The summed E-state index contributed by atoms with van der Waals surface area (Å²) >= 11 is 3.96. The minimum absolute atomic E-state index is 0.443. The maximum atomic E-state index is 10.2. The molecular weight excluding hydrogens is 248 g/mol. The van der Waals surface area contributed by atoms with Gasteiger partial charge in [0.05, 0.1) is 5.60 Å². The number of rotatable bonds is 5. The van der Waals surface area contributed by atoms with Crippen LogP contribution < -0.4 is 0 Å². The molecule has 1 rings (SSSR count). The summed E-state index contributed by atoms with van der Waals surface area (Å²) in [5, 5.41) is 10.2. The van der Waals surface area contributed by atoms with E-state index in [2.05, 4.69) is 20.4 Å². The Kier molecular flexibility index (Phi) is 6.18. The zero-order chi connectivity index (χ0) is 12.9. The number of aliphatic hydroxyl groups is 1. The van der Waals surface area contributed by atoms with Crippen molar-refractivity contribution in [3.05, 3.63) is 22.5 Å².